The first-order valence-corrected chi connectivity index (χ1v) is 7.34. The summed E-state index contributed by atoms with van der Waals surface area (Å²) in [6, 6.07) is 4.82. The molecule has 1 aromatic carbocycles. The fraction of sp³-hybridized carbons (Fsp3) is 0. The molecule has 3 N–H and O–H groups in total. The second-order valence-electron chi connectivity index (χ2n) is 3.68. The lowest BCUT2D eigenvalue weighted by molar-refractivity contribution is 0.600. The fourth-order valence-corrected chi connectivity index (χ4v) is 2.94. The number of benzene rings is 1. The van der Waals surface area contributed by atoms with Crippen molar-refractivity contribution in [3.05, 3.63) is 46.9 Å². The molecule has 0 fully saturated rings. The Morgan fingerprint density at radius 3 is 2.68 bits per heavy atom. The van der Waals surface area contributed by atoms with Crippen molar-refractivity contribution in [3.8, 4) is 0 Å². The Hall–Kier alpha value is -1.67. The van der Waals surface area contributed by atoms with Gasteiger partial charge in [0.1, 0.15) is 10.7 Å². The predicted molar refractivity (Wildman–Crippen MR) is 73.6 cm³/mol. The van der Waals surface area contributed by atoms with Gasteiger partial charge in [0.15, 0.2) is 0 Å². The maximum absolute atomic E-state index is 13.1. The highest BCUT2D eigenvalue weighted by Crippen LogP contribution is 2.23. The van der Waals surface area contributed by atoms with Crippen LogP contribution in [-0.2, 0) is 10.0 Å². The van der Waals surface area contributed by atoms with E-state index in [1.54, 1.807) is 0 Å². The maximum atomic E-state index is 13.1. The first-order chi connectivity index (χ1) is 8.88. The van der Waals surface area contributed by atoms with Crippen molar-refractivity contribution in [2.75, 3.05) is 10.5 Å². The third-order valence-corrected chi connectivity index (χ3v) is 4.02. The number of halogens is 2. The normalized spacial score (nSPS) is 11.3. The van der Waals surface area contributed by atoms with Crippen molar-refractivity contribution < 1.29 is 12.8 Å². The molecule has 19 heavy (non-hydrogen) atoms. The van der Waals surface area contributed by atoms with Gasteiger partial charge in [-0.25, -0.2) is 12.8 Å². The van der Waals surface area contributed by atoms with E-state index in [0.29, 0.717) is 4.47 Å². The lowest BCUT2D eigenvalue weighted by atomic mass is 10.3. The summed E-state index contributed by atoms with van der Waals surface area (Å²) in [4.78, 5) is 3.71. The van der Waals surface area contributed by atoms with E-state index in [9.17, 15) is 12.8 Å². The van der Waals surface area contributed by atoms with Gasteiger partial charge in [-0.1, -0.05) is 0 Å². The number of rotatable bonds is 3. The molecule has 1 aromatic heterocycles. The van der Waals surface area contributed by atoms with Gasteiger partial charge < -0.3 is 5.73 Å². The van der Waals surface area contributed by atoms with Crippen LogP contribution in [0, 0.1) is 5.82 Å². The van der Waals surface area contributed by atoms with Crippen molar-refractivity contribution in [1.82, 2.24) is 4.98 Å². The van der Waals surface area contributed by atoms with Crippen LogP contribution in [0.4, 0.5) is 15.8 Å². The average Bonchev–Trinajstić information content (AvgIpc) is 2.33. The molecule has 2 aromatic rings. The third kappa shape index (κ3) is 3.21. The van der Waals surface area contributed by atoms with E-state index in [1.165, 1.54) is 24.5 Å². The van der Waals surface area contributed by atoms with E-state index in [1.807, 2.05) is 0 Å². The van der Waals surface area contributed by atoms with Crippen LogP contribution in [0.5, 0.6) is 0 Å². The summed E-state index contributed by atoms with van der Waals surface area (Å²) < 4.78 is 39.9. The van der Waals surface area contributed by atoms with Crippen molar-refractivity contribution in [3.63, 3.8) is 0 Å². The Bertz CT molecular complexity index is 722. The zero-order chi connectivity index (χ0) is 14.0. The van der Waals surface area contributed by atoms with E-state index < -0.39 is 15.8 Å². The number of aromatic nitrogens is 1. The molecule has 0 aliphatic heterocycles. The van der Waals surface area contributed by atoms with Gasteiger partial charge >= 0.3 is 0 Å². The van der Waals surface area contributed by atoms with Gasteiger partial charge in [0.25, 0.3) is 10.0 Å². The fourth-order valence-electron chi connectivity index (χ4n) is 1.36. The molecule has 0 saturated heterocycles. The highest BCUT2D eigenvalue weighted by molar-refractivity contribution is 9.10. The molecule has 0 saturated carbocycles. The minimum absolute atomic E-state index is 0.0139. The zero-order valence-corrected chi connectivity index (χ0v) is 11.9. The second kappa shape index (κ2) is 5.14. The highest BCUT2D eigenvalue weighted by Gasteiger charge is 2.16. The molecule has 0 amide bonds. The molecule has 0 radical (unpaired) electrons. The molecule has 0 atom stereocenters. The number of sulfonamides is 1. The number of nitrogens with two attached hydrogens (primary N) is 1. The Morgan fingerprint density at radius 1 is 1.26 bits per heavy atom. The van der Waals surface area contributed by atoms with Gasteiger partial charge in [-0.2, -0.15) is 0 Å². The molecule has 2 rings (SSSR count). The van der Waals surface area contributed by atoms with Crippen molar-refractivity contribution in [1.29, 1.82) is 0 Å². The minimum atomic E-state index is -3.86. The van der Waals surface area contributed by atoms with E-state index in [-0.39, 0.29) is 16.3 Å². The molecular weight excluding hydrogens is 337 g/mol. The van der Waals surface area contributed by atoms with Gasteiger partial charge in [-0.05, 0) is 34.1 Å². The van der Waals surface area contributed by atoms with E-state index in [4.69, 9.17) is 5.73 Å². The summed E-state index contributed by atoms with van der Waals surface area (Å²) in [5.41, 5.74) is 5.70. The number of nitrogens with zero attached hydrogens (tertiary/aromatic N) is 1. The van der Waals surface area contributed by atoms with Crippen LogP contribution >= 0.6 is 15.9 Å². The number of hydrogen-bond acceptors (Lipinski definition) is 4. The molecule has 0 bridgehead atoms. The molecule has 0 aliphatic carbocycles. The van der Waals surface area contributed by atoms with Crippen molar-refractivity contribution in [2.24, 2.45) is 0 Å². The van der Waals surface area contributed by atoms with Crippen LogP contribution in [0.3, 0.4) is 0 Å². The smallest absolute Gasteiger partial charge is 0.263 e. The Kier molecular flexibility index (Phi) is 3.72. The van der Waals surface area contributed by atoms with Crippen molar-refractivity contribution >= 4 is 37.3 Å². The molecule has 0 aliphatic rings. The molecule has 0 unspecified atom stereocenters. The van der Waals surface area contributed by atoms with Crippen LogP contribution in [0.1, 0.15) is 0 Å². The van der Waals surface area contributed by atoms with E-state index >= 15 is 0 Å². The Morgan fingerprint density at radius 2 is 2.00 bits per heavy atom. The summed E-state index contributed by atoms with van der Waals surface area (Å²) in [6.07, 6.45) is 2.64. The van der Waals surface area contributed by atoms with Gasteiger partial charge in [0.2, 0.25) is 0 Å². The minimum Gasteiger partial charge on any atom is -0.397 e. The molecule has 5 nitrogen and oxygen atoms in total. The summed E-state index contributed by atoms with van der Waals surface area (Å²) >= 11 is 3.13. The third-order valence-electron chi connectivity index (χ3n) is 2.25. The highest BCUT2D eigenvalue weighted by atomic mass is 79.9. The SMILES string of the molecule is Nc1ccc(F)cc1NS(=O)(=O)c1cncc(Br)c1. The standard InChI is InChI=1S/C11H9BrFN3O2S/c12-7-3-9(6-15-5-7)19(17,18)16-11-4-8(13)1-2-10(11)14/h1-6,16H,14H2. The van der Waals surface area contributed by atoms with Crippen LogP contribution in [0.25, 0.3) is 0 Å². The Balaban J connectivity index is 2.39. The number of nitrogens with one attached hydrogen (secondary N) is 1. The first-order valence-electron chi connectivity index (χ1n) is 5.07. The number of pyridine rings is 1. The van der Waals surface area contributed by atoms with Gasteiger partial charge in [0, 0.05) is 22.9 Å². The number of hydrogen-bond donors (Lipinski definition) is 2. The molecular formula is C11H9BrFN3O2S. The number of anilines is 2. The van der Waals surface area contributed by atoms with Gasteiger partial charge in [-0.15, -0.1) is 0 Å². The summed E-state index contributed by atoms with van der Waals surface area (Å²) in [6.45, 7) is 0. The quantitative estimate of drug-likeness (QED) is 0.836. The molecule has 8 heteroatoms. The molecule has 100 valence electrons. The topological polar surface area (TPSA) is 85.1 Å². The monoisotopic (exact) mass is 345 g/mol. The predicted octanol–water partition coefficient (Wildman–Crippen LogP) is 2.37. The van der Waals surface area contributed by atoms with Crippen LogP contribution in [0.2, 0.25) is 0 Å². The van der Waals surface area contributed by atoms with Crippen LogP contribution in [0.15, 0.2) is 46.0 Å². The second-order valence-corrected chi connectivity index (χ2v) is 6.27. The van der Waals surface area contributed by atoms with Crippen LogP contribution in [-0.4, -0.2) is 13.4 Å². The first kappa shape index (κ1) is 13.8. The lowest BCUT2D eigenvalue weighted by Crippen LogP contribution is -2.14. The lowest BCUT2D eigenvalue weighted by Gasteiger charge is -2.10. The Labute approximate surface area is 117 Å². The average molecular weight is 346 g/mol. The largest absolute Gasteiger partial charge is 0.397 e. The van der Waals surface area contributed by atoms with Crippen molar-refractivity contribution in [2.45, 2.75) is 4.90 Å². The van der Waals surface area contributed by atoms with E-state index in [0.717, 1.165) is 12.1 Å². The van der Waals surface area contributed by atoms with Gasteiger partial charge in [-0.3, -0.25) is 9.71 Å². The summed E-state index contributed by atoms with van der Waals surface area (Å²) in [5, 5.41) is 0. The van der Waals surface area contributed by atoms with E-state index in [2.05, 4.69) is 25.6 Å². The number of nitrogen functional groups attached to an aromatic ring is 1. The zero-order valence-electron chi connectivity index (χ0n) is 9.47. The summed E-state index contributed by atoms with van der Waals surface area (Å²) in [7, 11) is -3.86. The van der Waals surface area contributed by atoms with Crippen LogP contribution < -0.4 is 10.5 Å². The molecule has 1 heterocycles. The maximum Gasteiger partial charge on any atom is 0.263 e. The summed E-state index contributed by atoms with van der Waals surface area (Å²) in [5.74, 6) is -0.584. The van der Waals surface area contributed by atoms with Gasteiger partial charge in [0.05, 0.1) is 11.4 Å². The molecule has 0 spiro atoms.